The van der Waals surface area contributed by atoms with Gasteiger partial charge < -0.3 is 20.3 Å². The molecule has 1 aromatic carbocycles. The molecule has 138 valence electrons. The van der Waals surface area contributed by atoms with Gasteiger partial charge in [0.2, 0.25) is 0 Å². The number of pyridine rings is 1. The summed E-state index contributed by atoms with van der Waals surface area (Å²) in [5.41, 5.74) is 0.0217. The van der Waals surface area contributed by atoms with E-state index in [2.05, 4.69) is 10.6 Å². The van der Waals surface area contributed by atoms with Crippen molar-refractivity contribution in [3.05, 3.63) is 63.5 Å². The Morgan fingerprint density at radius 1 is 1.15 bits per heavy atom. The number of urea groups is 1. The molecule has 0 aliphatic heterocycles. The van der Waals surface area contributed by atoms with E-state index in [1.54, 1.807) is 12.1 Å². The van der Waals surface area contributed by atoms with Crippen LogP contribution in [0.3, 0.4) is 0 Å². The summed E-state index contributed by atoms with van der Waals surface area (Å²) in [6.07, 6.45) is 1.53. The van der Waals surface area contributed by atoms with Gasteiger partial charge in [-0.05, 0) is 37.6 Å². The van der Waals surface area contributed by atoms with E-state index in [0.29, 0.717) is 17.3 Å². The number of carboxylic acid groups (broad SMARTS) is 1. The summed E-state index contributed by atoms with van der Waals surface area (Å²) in [7, 11) is 0. The number of benzene rings is 1. The van der Waals surface area contributed by atoms with Crippen LogP contribution in [0.5, 0.6) is 0 Å². The smallest absolute Gasteiger partial charge is 0.319 e. The number of rotatable bonds is 6. The number of nitrogens with zero attached hydrogens (tertiary/aromatic N) is 1. The van der Waals surface area contributed by atoms with E-state index >= 15 is 0 Å². The average Bonchev–Trinajstić information content (AvgIpc) is 2.58. The maximum atomic E-state index is 12.0. The Balaban J connectivity index is 2.04. The van der Waals surface area contributed by atoms with Gasteiger partial charge in [0.1, 0.15) is 0 Å². The Kier molecular flexibility index (Phi) is 6.05. The number of halogens is 1. The van der Waals surface area contributed by atoms with E-state index in [1.165, 1.54) is 36.7 Å². The number of aromatic nitrogens is 1. The molecule has 0 aliphatic carbocycles. The lowest BCUT2D eigenvalue weighted by Gasteiger charge is -2.19. The Bertz CT molecular complexity index is 859. The van der Waals surface area contributed by atoms with Gasteiger partial charge in [0.15, 0.2) is 0 Å². The first-order chi connectivity index (χ1) is 12.2. The third-order valence-corrected chi connectivity index (χ3v) is 4.03. The number of carboxylic acids is 1. The first kappa shape index (κ1) is 19.5. The Labute approximate surface area is 155 Å². The first-order valence-electron chi connectivity index (χ1n) is 7.90. The van der Waals surface area contributed by atoms with Gasteiger partial charge in [-0.1, -0.05) is 23.7 Å². The van der Waals surface area contributed by atoms with Crippen LogP contribution in [-0.2, 0) is 11.3 Å². The molecule has 0 atom stereocenters. The maximum Gasteiger partial charge on any atom is 0.319 e. The number of hydrogen-bond acceptors (Lipinski definition) is 3. The lowest BCUT2D eigenvalue weighted by molar-refractivity contribution is -0.146. The molecule has 2 aromatic rings. The normalized spacial score (nSPS) is 11.0. The van der Waals surface area contributed by atoms with Crippen LogP contribution in [0.1, 0.15) is 19.4 Å². The van der Waals surface area contributed by atoms with Crippen LogP contribution in [0, 0.1) is 5.41 Å². The van der Waals surface area contributed by atoms with Crippen LogP contribution >= 0.6 is 11.6 Å². The van der Waals surface area contributed by atoms with Crippen molar-refractivity contribution in [1.82, 2.24) is 9.88 Å². The molecule has 0 radical (unpaired) electrons. The fourth-order valence-corrected chi connectivity index (χ4v) is 2.19. The SMILES string of the molecule is CC(C)(CNC(=O)Nc1ccc(=O)n(Cc2ccc(Cl)cc2)c1)C(=O)O. The highest BCUT2D eigenvalue weighted by atomic mass is 35.5. The number of hydrogen-bond donors (Lipinski definition) is 3. The van der Waals surface area contributed by atoms with Crippen molar-refractivity contribution in [1.29, 1.82) is 0 Å². The molecule has 0 unspecified atom stereocenters. The van der Waals surface area contributed by atoms with Gasteiger partial charge >= 0.3 is 12.0 Å². The van der Waals surface area contributed by atoms with E-state index in [-0.39, 0.29) is 12.1 Å². The van der Waals surface area contributed by atoms with Crippen molar-refractivity contribution >= 4 is 29.3 Å². The molecule has 1 aromatic heterocycles. The molecule has 8 heteroatoms. The van der Waals surface area contributed by atoms with Crippen LogP contribution in [0.4, 0.5) is 10.5 Å². The average molecular weight is 378 g/mol. The lowest BCUT2D eigenvalue weighted by Crippen LogP contribution is -2.40. The molecule has 0 bridgehead atoms. The van der Waals surface area contributed by atoms with Crippen LogP contribution in [0.2, 0.25) is 5.02 Å². The molecule has 2 rings (SSSR count). The second-order valence-electron chi connectivity index (χ2n) is 6.51. The van der Waals surface area contributed by atoms with Crippen molar-refractivity contribution in [3.8, 4) is 0 Å². The third-order valence-electron chi connectivity index (χ3n) is 3.78. The topological polar surface area (TPSA) is 100 Å². The summed E-state index contributed by atoms with van der Waals surface area (Å²) in [5, 5.41) is 14.8. The molecule has 26 heavy (non-hydrogen) atoms. The fourth-order valence-electron chi connectivity index (χ4n) is 2.07. The molecule has 0 saturated carbocycles. The number of anilines is 1. The third kappa shape index (κ3) is 5.35. The highest BCUT2D eigenvalue weighted by Gasteiger charge is 2.27. The van der Waals surface area contributed by atoms with Crippen LogP contribution < -0.4 is 16.2 Å². The van der Waals surface area contributed by atoms with E-state index in [1.807, 2.05) is 12.1 Å². The molecular weight excluding hydrogens is 358 g/mol. The van der Waals surface area contributed by atoms with Gasteiger partial charge in [-0.25, -0.2) is 4.79 Å². The zero-order valence-corrected chi connectivity index (χ0v) is 15.2. The van der Waals surface area contributed by atoms with Crippen LogP contribution in [0.25, 0.3) is 0 Å². The Morgan fingerprint density at radius 3 is 2.42 bits per heavy atom. The van der Waals surface area contributed by atoms with Crippen molar-refractivity contribution in [2.75, 3.05) is 11.9 Å². The molecule has 1 heterocycles. The summed E-state index contributed by atoms with van der Waals surface area (Å²) in [6.45, 7) is 3.33. The Morgan fingerprint density at radius 2 is 1.81 bits per heavy atom. The number of carbonyl (C=O) groups is 2. The fraction of sp³-hybridized carbons (Fsp3) is 0.278. The predicted octanol–water partition coefficient (Wildman–Crippen LogP) is 2.78. The molecule has 0 spiro atoms. The first-order valence-corrected chi connectivity index (χ1v) is 8.28. The largest absolute Gasteiger partial charge is 0.481 e. The second kappa shape index (κ2) is 8.05. The molecule has 0 aliphatic rings. The van der Waals surface area contributed by atoms with Gasteiger partial charge in [0.25, 0.3) is 5.56 Å². The highest BCUT2D eigenvalue weighted by molar-refractivity contribution is 6.30. The van der Waals surface area contributed by atoms with Crippen molar-refractivity contribution in [2.45, 2.75) is 20.4 Å². The predicted molar refractivity (Wildman–Crippen MR) is 99.7 cm³/mol. The molecule has 7 nitrogen and oxygen atoms in total. The molecular formula is C18H20ClN3O4. The number of nitrogens with one attached hydrogen (secondary N) is 2. The minimum absolute atomic E-state index is 0.0292. The number of amides is 2. The number of carbonyl (C=O) groups excluding carboxylic acids is 1. The standard InChI is InChI=1S/C18H20ClN3O4/c1-18(2,16(24)25)11-20-17(26)21-14-7-8-15(23)22(10-14)9-12-3-5-13(19)6-4-12/h3-8,10H,9,11H2,1-2H3,(H,24,25)(H2,20,21,26). The second-order valence-corrected chi connectivity index (χ2v) is 6.94. The van der Waals surface area contributed by atoms with E-state index < -0.39 is 17.4 Å². The van der Waals surface area contributed by atoms with Gasteiger partial charge in [-0.3, -0.25) is 9.59 Å². The van der Waals surface area contributed by atoms with Crippen LogP contribution in [-0.4, -0.2) is 28.2 Å². The van der Waals surface area contributed by atoms with Gasteiger partial charge in [-0.2, -0.15) is 0 Å². The zero-order valence-electron chi connectivity index (χ0n) is 14.5. The summed E-state index contributed by atoms with van der Waals surface area (Å²) in [4.78, 5) is 35.0. The summed E-state index contributed by atoms with van der Waals surface area (Å²) < 4.78 is 1.46. The minimum atomic E-state index is -1.08. The zero-order chi connectivity index (χ0) is 19.3. The van der Waals surface area contributed by atoms with E-state index in [4.69, 9.17) is 16.7 Å². The minimum Gasteiger partial charge on any atom is -0.481 e. The molecule has 3 N–H and O–H groups in total. The maximum absolute atomic E-state index is 12.0. The van der Waals surface area contributed by atoms with Crippen molar-refractivity contribution in [3.63, 3.8) is 0 Å². The quantitative estimate of drug-likeness (QED) is 0.720. The van der Waals surface area contributed by atoms with Gasteiger partial charge in [0, 0.05) is 23.8 Å². The molecule has 0 fully saturated rings. The Hall–Kier alpha value is -2.80. The lowest BCUT2D eigenvalue weighted by atomic mass is 9.94. The van der Waals surface area contributed by atoms with Crippen molar-refractivity contribution in [2.24, 2.45) is 5.41 Å². The van der Waals surface area contributed by atoms with E-state index in [9.17, 15) is 14.4 Å². The molecule has 2 amide bonds. The van der Waals surface area contributed by atoms with Crippen LogP contribution in [0.15, 0.2) is 47.4 Å². The van der Waals surface area contributed by atoms with E-state index in [0.717, 1.165) is 5.56 Å². The summed E-state index contributed by atoms with van der Waals surface area (Å²) >= 11 is 5.85. The van der Waals surface area contributed by atoms with Gasteiger partial charge in [0.05, 0.1) is 17.6 Å². The van der Waals surface area contributed by atoms with Gasteiger partial charge in [-0.15, -0.1) is 0 Å². The summed E-state index contributed by atoms with van der Waals surface area (Å²) in [6, 6.07) is 9.40. The highest BCUT2D eigenvalue weighted by Crippen LogP contribution is 2.14. The number of aliphatic carboxylic acids is 1. The molecule has 0 saturated heterocycles. The van der Waals surface area contributed by atoms with Crippen molar-refractivity contribution < 1.29 is 14.7 Å². The monoisotopic (exact) mass is 377 g/mol. The summed E-state index contributed by atoms with van der Waals surface area (Å²) in [5.74, 6) is -1.01.